The number of hydrogen-bond donors (Lipinski definition) is 0. The van der Waals surface area contributed by atoms with Gasteiger partial charge in [0.2, 0.25) is 0 Å². The molecular weight excluding hydrogens is 336 g/mol. The standard InChI is InChI=1S/C16H26O7S/c1-9(2)6-7-24-16-15(23-12(5)19)14(22-11(4)18)13(8-20-16)21-10(3)17/h9,13-16H,6-8H2,1-5H3/t13-,14+,15-,16+/m1/s1. The van der Waals surface area contributed by atoms with Gasteiger partial charge in [-0.3, -0.25) is 14.4 Å². The van der Waals surface area contributed by atoms with Gasteiger partial charge < -0.3 is 18.9 Å². The zero-order chi connectivity index (χ0) is 18.3. The molecule has 1 aliphatic heterocycles. The number of thioether (sulfide) groups is 1. The SMILES string of the molecule is CC(=O)O[C@@H]1[C@@H](OC(C)=O)[C@H](SCCC(C)C)OC[C@H]1OC(C)=O. The van der Waals surface area contributed by atoms with E-state index in [0.29, 0.717) is 5.92 Å². The summed E-state index contributed by atoms with van der Waals surface area (Å²) in [7, 11) is 0. The van der Waals surface area contributed by atoms with Crippen molar-refractivity contribution in [2.45, 2.75) is 64.8 Å². The predicted octanol–water partition coefficient (Wildman–Crippen LogP) is 1.92. The van der Waals surface area contributed by atoms with Crippen molar-refractivity contribution < 1.29 is 33.3 Å². The van der Waals surface area contributed by atoms with Crippen molar-refractivity contribution in [2.75, 3.05) is 12.4 Å². The zero-order valence-corrected chi connectivity index (χ0v) is 15.6. The highest BCUT2D eigenvalue weighted by Gasteiger charge is 2.46. The Hall–Kier alpha value is -1.28. The van der Waals surface area contributed by atoms with Gasteiger partial charge in [0.25, 0.3) is 0 Å². The van der Waals surface area contributed by atoms with E-state index < -0.39 is 41.7 Å². The molecule has 8 heteroatoms. The van der Waals surface area contributed by atoms with Crippen LogP contribution in [0.15, 0.2) is 0 Å². The molecule has 1 heterocycles. The average Bonchev–Trinajstić information content (AvgIpc) is 2.42. The van der Waals surface area contributed by atoms with Crippen molar-refractivity contribution in [3.05, 3.63) is 0 Å². The van der Waals surface area contributed by atoms with E-state index in [2.05, 4.69) is 13.8 Å². The summed E-state index contributed by atoms with van der Waals surface area (Å²) in [6, 6.07) is 0. The minimum atomic E-state index is -0.888. The largest absolute Gasteiger partial charge is 0.456 e. The molecule has 1 saturated heterocycles. The van der Waals surface area contributed by atoms with E-state index in [1.807, 2.05) is 0 Å². The summed E-state index contributed by atoms with van der Waals surface area (Å²) >= 11 is 1.50. The minimum Gasteiger partial charge on any atom is -0.456 e. The van der Waals surface area contributed by atoms with Gasteiger partial charge in [-0.25, -0.2) is 0 Å². The second-order valence-electron chi connectivity index (χ2n) is 6.05. The Kier molecular flexibility index (Phi) is 8.55. The first-order valence-electron chi connectivity index (χ1n) is 7.95. The first kappa shape index (κ1) is 20.8. The van der Waals surface area contributed by atoms with Crippen molar-refractivity contribution in [1.29, 1.82) is 0 Å². The fraction of sp³-hybridized carbons (Fsp3) is 0.812. The second-order valence-corrected chi connectivity index (χ2v) is 7.26. The quantitative estimate of drug-likeness (QED) is 0.501. The Bertz CT molecular complexity index is 452. The van der Waals surface area contributed by atoms with Crippen LogP contribution in [0.2, 0.25) is 0 Å². The molecule has 7 nitrogen and oxygen atoms in total. The molecule has 138 valence electrons. The third kappa shape index (κ3) is 7.09. The van der Waals surface area contributed by atoms with E-state index in [1.165, 1.54) is 32.5 Å². The molecule has 1 aliphatic rings. The summed E-state index contributed by atoms with van der Waals surface area (Å²) in [5.41, 5.74) is -0.483. The molecule has 4 atom stereocenters. The van der Waals surface area contributed by atoms with Crippen molar-refractivity contribution in [3.8, 4) is 0 Å². The van der Waals surface area contributed by atoms with Gasteiger partial charge in [0.05, 0.1) is 6.61 Å². The summed E-state index contributed by atoms with van der Waals surface area (Å²) in [5, 5.41) is 0. The predicted molar refractivity (Wildman–Crippen MR) is 88.3 cm³/mol. The third-order valence-corrected chi connectivity index (χ3v) is 4.49. The van der Waals surface area contributed by atoms with Gasteiger partial charge in [-0.05, 0) is 18.1 Å². The van der Waals surface area contributed by atoms with Crippen LogP contribution in [0.1, 0.15) is 41.0 Å². The van der Waals surface area contributed by atoms with Crippen LogP contribution in [0.3, 0.4) is 0 Å². The van der Waals surface area contributed by atoms with E-state index in [-0.39, 0.29) is 6.61 Å². The van der Waals surface area contributed by atoms with E-state index in [4.69, 9.17) is 18.9 Å². The summed E-state index contributed by atoms with van der Waals surface area (Å²) < 4.78 is 21.5. The van der Waals surface area contributed by atoms with E-state index >= 15 is 0 Å². The lowest BCUT2D eigenvalue weighted by Crippen LogP contribution is -2.56. The Balaban J connectivity index is 2.90. The van der Waals surface area contributed by atoms with Gasteiger partial charge in [0.1, 0.15) is 5.44 Å². The topological polar surface area (TPSA) is 88.1 Å². The van der Waals surface area contributed by atoms with Crippen molar-refractivity contribution >= 4 is 29.7 Å². The van der Waals surface area contributed by atoms with Crippen LogP contribution in [0.4, 0.5) is 0 Å². The summed E-state index contributed by atoms with van der Waals surface area (Å²) in [6.07, 6.45) is -1.55. The van der Waals surface area contributed by atoms with Crippen molar-refractivity contribution in [2.24, 2.45) is 5.92 Å². The summed E-state index contributed by atoms with van der Waals surface area (Å²) in [4.78, 5) is 34.2. The van der Waals surface area contributed by atoms with Crippen LogP contribution in [0.25, 0.3) is 0 Å². The fourth-order valence-electron chi connectivity index (χ4n) is 2.27. The molecule has 0 amide bonds. The Morgan fingerprint density at radius 1 is 1.00 bits per heavy atom. The first-order valence-corrected chi connectivity index (χ1v) is 9.00. The number of rotatable bonds is 7. The Labute approximate surface area is 146 Å². The highest BCUT2D eigenvalue weighted by Crippen LogP contribution is 2.31. The summed E-state index contributed by atoms with van der Waals surface area (Å²) in [5.74, 6) is -0.231. The van der Waals surface area contributed by atoms with Crippen LogP contribution >= 0.6 is 11.8 Å². The molecule has 0 radical (unpaired) electrons. The van der Waals surface area contributed by atoms with Crippen LogP contribution in [0, 0.1) is 5.92 Å². The fourth-order valence-corrected chi connectivity index (χ4v) is 3.69. The molecule has 0 aromatic heterocycles. The van der Waals surface area contributed by atoms with Crippen LogP contribution in [-0.2, 0) is 33.3 Å². The van der Waals surface area contributed by atoms with Crippen LogP contribution in [0.5, 0.6) is 0 Å². The summed E-state index contributed by atoms with van der Waals surface area (Å²) in [6.45, 7) is 8.10. The van der Waals surface area contributed by atoms with Crippen molar-refractivity contribution in [1.82, 2.24) is 0 Å². The molecule has 24 heavy (non-hydrogen) atoms. The number of ether oxygens (including phenoxy) is 4. The van der Waals surface area contributed by atoms with Crippen LogP contribution < -0.4 is 0 Å². The lowest BCUT2D eigenvalue weighted by atomic mass is 10.1. The van der Waals surface area contributed by atoms with Crippen molar-refractivity contribution in [3.63, 3.8) is 0 Å². The highest BCUT2D eigenvalue weighted by atomic mass is 32.2. The molecule has 0 bridgehead atoms. The number of hydrogen-bond acceptors (Lipinski definition) is 8. The Morgan fingerprint density at radius 3 is 2.04 bits per heavy atom. The average molecular weight is 362 g/mol. The molecule has 1 fully saturated rings. The molecule has 0 aromatic rings. The first-order chi connectivity index (χ1) is 11.2. The molecule has 0 N–H and O–H groups in total. The van der Waals surface area contributed by atoms with Gasteiger partial charge in [0, 0.05) is 20.8 Å². The van der Waals surface area contributed by atoms with Gasteiger partial charge in [-0.15, -0.1) is 11.8 Å². The number of esters is 3. The molecule has 0 spiro atoms. The molecule has 0 aliphatic carbocycles. The maximum Gasteiger partial charge on any atom is 0.303 e. The lowest BCUT2D eigenvalue weighted by Gasteiger charge is -2.40. The normalized spacial score (nSPS) is 26.8. The number of carbonyl (C=O) groups excluding carboxylic acids is 3. The lowest BCUT2D eigenvalue weighted by molar-refractivity contribution is -0.213. The van der Waals surface area contributed by atoms with Gasteiger partial charge >= 0.3 is 17.9 Å². The van der Waals surface area contributed by atoms with Crippen LogP contribution in [-0.4, -0.2) is 54.0 Å². The highest BCUT2D eigenvalue weighted by molar-refractivity contribution is 7.99. The van der Waals surface area contributed by atoms with Gasteiger partial charge in [-0.1, -0.05) is 13.8 Å². The maximum atomic E-state index is 11.5. The molecule has 0 saturated carbocycles. The molecular formula is C16H26O7S. The van der Waals surface area contributed by atoms with E-state index in [0.717, 1.165) is 12.2 Å². The molecule has 1 rings (SSSR count). The zero-order valence-electron chi connectivity index (χ0n) is 14.8. The maximum absolute atomic E-state index is 11.5. The van der Waals surface area contributed by atoms with Gasteiger partial charge in [0.15, 0.2) is 18.3 Å². The van der Waals surface area contributed by atoms with E-state index in [1.54, 1.807) is 0 Å². The number of carbonyl (C=O) groups is 3. The molecule has 0 unspecified atom stereocenters. The monoisotopic (exact) mass is 362 g/mol. The minimum absolute atomic E-state index is 0.0780. The molecule has 0 aromatic carbocycles. The van der Waals surface area contributed by atoms with E-state index in [9.17, 15) is 14.4 Å². The third-order valence-electron chi connectivity index (χ3n) is 3.28. The smallest absolute Gasteiger partial charge is 0.303 e. The Morgan fingerprint density at radius 2 is 1.54 bits per heavy atom. The van der Waals surface area contributed by atoms with Gasteiger partial charge in [-0.2, -0.15) is 0 Å². The second kappa shape index (κ2) is 9.88.